The summed E-state index contributed by atoms with van der Waals surface area (Å²) in [6.07, 6.45) is 1.92. The van der Waals surface area contributed by atoms with E-state index in [0.717, 1.165) is 18.6 Å². The van der Waals surface area contributed by atoms with Gasteiger partial charge in [0, 0.05) is 6.04 Å². The summed E-state index contributed by atoms with van der Waals surface area (Å²) in [6.45, 7) is 0.578. The van der Waals surface area contributed by atoms with Crippen LogP contribution < -0.4 is 10.1 Å². The number of aliphatic carboxylic acids is 1. The second kappa shape index (κ2) is 8.38. The lowest BCUT2D eigenvalue weighted by molar-refractivity contribution is -0.138. The van der Waals surface area contributed by atoms with Crippen molar-refractivity contribution in [3.8, 4) is 5.75 Å². The molecule has 1 unspecified atom stereocenters. The van der Waals surface area contributed by atoms with E-state index in [1.165, 1.54) is 0 Å². The zero-order valence-corrected chi connectivity index (χ0v) is 12.4. The maximum absolute atomic E-state index is 11.7. The molecular formula is C16H21NO5. The first-order valence-electron chi connectivity index (χ1n) is 7.42. The standard InChI is InChI=1S/C16H21NO5/c18-15(17-14(10-16(19)20)12-6-7-12)11-21-8-9-22-13-4-2-1-3-5-13/h1-5,12,14H,6-11H2,(H,17,18)(H,19,20). The van der Waals surface area contributed by atoms with Crippen LogP contribution in [0.1, 0.15) is 19.3 Å². The van der Waals surface area contributed by atoms with Gasteiger partial charge < -0.3 is 19.9 Å². The zero-order chi connectivity index (χ0) is 15.8. The van der Waals surface area contributed by atoms with Crippen molar-refractivity contribution in [2.24, 2.45) is 5.92 Å². The normalized spacial score (nSPS) is 15.1. The summed E-state index contributed by atoms with van der Waals surface area (Å²) in [7, 11) is 0. The maximum atomic E-state index is 11.7. The van der Waals surface area contributed by atoms with Crippen molar-refractivity contribution < 1.29 is 24.2 Å². The van der Waals surface area contributed by atoms with Crippen LogP contribution in [0.15, 0.2) is 30.3 Å². The highest BCUT2D eigenvalue weighted by molar-refractivity contribution is 5.78. The molecule has 0 bridgehead atoms. The Labute approximate surface area is 129 Å². The maximum Gasteiger partial charge on any atom is 0.305 e. The number of carbonyl (C=O) groups is 2. The van der Waals surface area contributed by atoms with Crippen LogP contribution >= 0.6 is 0 Å². The molecule has 2 N–H and O–H groups in total. The fourth-order valence-electron chi connectivity index (χ4n) is 2.17. The van der Waals surface area contributed by atoms with Gasteiger partial charge in [-0.2, -0.15) is 0 Å². The summed E-state index contributed by atoms with van der Waals surface area (Å²) < 4.78 is 10.7. The molecule has 0 saturated heterocycles. The van der Waals surface area contributed by atoms with E-state index in [1.807, 2.05) is 30.3 Å². The Morgan fingerprint density at radius 3 is 2.59 bits per heavy atom. The van der Waals surface area contributed by atoms with E-state index in [0.29, 0.717) is 19.1 Å². The molecular weight excluding hydrogens is 286 g/mol. The van der Waals surface area contributed by atoms with Gasteiger partial charge in [0.15, 0.2) is 0 Å². The van der Waals surface area contributed by atoms with Crippen molar-refractivity contribution >= 4 is 11.9 Å². The molecule has 1 amide bonds. The number of para-hydroxylation sites is 1. The van der Waals surface area contributed by atoms with Crippen LogP contribution in [0.25, 0.3) is 0 Å². The molecule has 1 aliphatic rings. The molecule has 1 atom stereocenters. The highest BCUT2D eigenvalue weighted by Crippen LogP contribution is 2.33. The number of amides is 1. The third-order valence-electron chi connectivity index (χ3n) is 3.40. The van der Waals surface area contributed by atoms with Crippen LogP contribution in [0.2, 0.25) is 0 Å². The molecule has 0 radical (unpaired) electrons. The highest BCUT2D eigenvalue weighted by atomic mass is 16.5. The average molecular weight is 307 g/mol. The fraction of sp³-hybridized carbons (Fsp3) is 0.500. The Kier molecular flexibility index (Phi) is 6.21. The highest BCUT2D eigenvalue weighted by Gasteiger charge is 2.33. The number of carbonyl (C=O) groups excluding carboxylic acids is 1. The first-order chi connectivity index (χ1) is 10.6. The Balaban J connectivity index is 1.58. The van der Waals surface area contributed by atoms with Gasteiger partial charge in [-0.25, -0.2) is 0 Å². The van der Waals surface area contributed by atoms with Gasteiger partial charge in [-0.05, 0) is 30.9 Å². The number of ether oxygens (including phenoxy) is 2. The van der Waals surface area contributed by atoms with Crippen LogP contribution in [-0.4, -0.2) is 42.8 Å². The third kappa shape index (κ3) is 6.13. The molecule has 0 aliphatic heterocycles. The molecule has 1 aromatic rings. The van der Waals surface area contributed by atoms with Crippen LogP contribution in [0.4, 0.5) is 0 Å². The van der Waals surface area contributed by atoms with E-state index in [2.05, 4.69) is 5.32 Å². The lowest BCUT2D eigenvalue weighted by atomic mass is 10.1. The molecule has 6 nitrogen and oxygen atoms in total. The van der Waals surface area contributed by atoms with Gasteiger partial charge in [0.1, 0.15) is 19.0 Å². The monoisotopic (exact) mass is 307 g/mol. The predicted octanol–water partition coefficient (Wildman–Crippen LogP) is 1.45. The van der Waals surface area contributed by atoms with Gasteiger partial charge >= 0.3 is 5.97 Å². The van der Waals surface area contributed by atoms with Crippen LogP contribution in [0, 0.1) is 5.92 Å². The molecule has 22 heavy (non-hydrogen) atoms. The van der Waals surface area contributed by atoms with Crippen LogP contribution in [0.5, 0.6) is 5.75 Å². The van der Waals surface area contributed by atoms with Crippen molar-refractivity contribution in [2.75, 3.05) is 19.8 Å². The minimum absolute atomic E-state index is 0.0342. The number of hydrogen-bond donors (Lipinski definition) is 2. The average Bonchev–Trinajstić information content (AvgIpc) is 3.31. The molecule has 1 aromatic carbocycles. The second-order valence-electron chi connectivity index (χ2n) is 5.32. The zero-order valence-electron chi connectivity index (χ0n) is 12.4. The van der Waals surface area contributed by atoms with E-state index < -0.39 is 5.97 Å². The number of carboxylic acid groups (broad SMARTS) is 1. The Morgan fingerprint density at radius 2 is 1.95 bits per heavy atom. The molecule has 6 heteroatoms. The summed E-state index contributed by atoms with van der Waals surface area (Å²) in [6, 6.07) is 9.07. The summed E-state index contributed by atoms with van der Waals surface area (Å²) >= 11 is 0. The smallest absolute Gasteiger partial charge is 0.305 e. The lowest BCUT2D eigenvalue weighted by Crippen LogP contribution is -2.40. The van der Waals surface area contributed by atoms with E-state index in [4.69, 9.17) is 14.6 Å². The third-order valence-corrected chi connectivity index (χ3v) is 3.40. The number of benzene rings is 1. The fourth-order valence-corrected chi connectivity index (χ4v) is 2.17. The summed E-state index contributed by atoms with van der Waals surface area (Å²) in [5.41, 5.74) is 0. The first kappa shape index (κ1) is 16.3. The quantitative estimate of drug-likeness (QED) is 0.639. The largest absolute Gasteiger partial charge is 0.491 e. The van der Waals surface area contributed by atoms with Gasteiger partial charge in [0.2, 0.25) is 5.91 Å². The second-order valence-corrected chi connectivity index (χ2v) is 5.32. The Hall–Kier alpha value is -2.08. The van der Waals surface area contributed by atoms with Crippen molar-refractivity contribution in [1.29, 1.82) is 0 Å². The van der Waals surface area contributed by atoms with Crippen molar-refractivity contribution in [1.82, 2.24) is 5.32 Å². The molecule has 0 spiro atoms. The number of carboxylic acids is 1. The van der Waals surface area contributed by atoms with Crippen molar-refractivity contribution in [3.63, 3.8) is 0 Å². The van der Waals surface area contributed by atoms with Gasteiger partial charge in [0.25, 0.3) is 0 Å². The van der Waals surface area contributed by atoms with Gasteiger partial charge in [-0.3, -0.25) is 9.59 Å². The predicted molar refractivity (Wildman–Crippen MR) is 79.7 cm³/mol. The number of rotatable bonds is 10. The summed E-state index contributed by atoms with van der Waals surface area (Å²) in [5.74, 6) is -0.125. The summed E-state index contributed by atoms with van der Waals surface area (Å²) in [5, 5.41) is 11.6. The van der Waals surface area contributed by atoms with Crippen LogP contribution in [-0.2, 0) is 14.3 Å². The first-order valence-corrected chi connectivity index (χ1v) is 7.42. The molecule has 1 fully saturated rings. The summed E-state index contributed by atoms with van der Waals surface area (Å²) in [4.78, 5) is 22.5. The molecule has 1 saturated carbocycles. The lowest BCUT2D eigenvalue weighted by Gasteiger charge is -2.16. The Morgan fingerprint density at radius 1 is 1.23 bits per heavy atom. The molecule has 1 aliphatic carbocycles. The van der Waals surface area contributed by atoms with Gasteiger partial charge in [-0.15, -0.1) is 0 Å². The number of nitrogens with one attached hydrogen (secondary N) is 1. The van der Waals surface area contributed by atoms with E-state index in [9.17, 15) is 9.59 Å². The van der Waals surface area contributed by atoms with Crippen molar-refractivity contribution in [2.45, 2.75) is 25.3 Å². The topological polar surface area (TPSA) is 84.9 Å². The SMILES string of the molecule is O=C(O)CC(NC(=O)COCCOc1ccccc1)C1CC1. The van der Waals surface area contributed by atoms with Crippen molar-refractivity contribution in [3.05, 3.63) is 30.3 Å². The minimum atomic E-state index is -0.894. The van der Waals surface area contributed by atoms with Gasteiger partial charge in [-0.1, -0.05) is 18.2 Å². The van der Waals surface area contributed by atoms with Gasteiger partial charge in [0.05, 0.1) is 13.0 Å². The number of hydrogen-bond acceptors (Lipinski definition) is 4. The van der Waals surface area contributed by atoms with E-state index in [-0.39, 0.29) is 25.0 Å². The minimum Gasteiger partial charge on any atom is -0.491 e. The van der Waals surface area contributed by atoms with E-state index in [1.54, 1.807) is 0 Å². The molecule has 0 aromatic heterocycles. The molecule has 0 heterocycles. The Bertz CT molecular complexity index is 487. The molecule has 2 rings (SSSR count). The molecule has 120 valence electrons. The van der Waals surface area contributed by atoms with Crippen LogP contribution in [0.3, 0.4) is 0 Å². The van der Waals surface area contributed by atoms with E-state index >= 15 is 0 Å².